The molecule has 0 saturated carbocycles. The van der Waals surface area contributed by atoms with Crippen LogP contribution in [0.4, 0.5) is 9.59 Å². The van der Waals surface area contributed by atoms with Crippen molar-refractivity contribution in [2.24, 2.45) is 0 Å². The van der Waals surface area contributed by atoms with Crippen molar-refractivity contribution < 1.29 is 52.3 Å². The fraction of sp³-hybridized carbons (Fsp3) is 0.433. The largest absolute Gasteiger partial charge is 0.514 e. The number of esters is 2. The number of benzene rings is 5. The fourth-order valence-electron chi connectivity index (χ4n) is 8.57. The molecule has 1 heterocycles. The van der Waals surface area contributed by atoms with Gasteiger partial charge in [0.15, 0.2) is 12.2 Å². The molecule has 0 saturated heterocycles. The van der Waals surface area contributed by atoms with E-state index in [4.69, 9.17) is 33.2 Å². The molecule has 0 bridgehead atoms. The quantitative estimate of drug-likeness (QED) is 0.0711. The van der Waals surface area contributed by atoms with Crippen LogP contribution >= 0.6 is 0 Å². The molecule has 6 rings (SSSR count). The van der Waals surface area contributed by atoms with Crippen LogP contribution in [0.15, 0.2) is 97.1 Å². The van der Waals surface area contributed by atoms with Gasteiger partial charge < -0.3 is 33.2 Å². The summed E-state index contributed by atoms with van der Waals surface area (Å²) in [6.45, 7) is 34.9. The molecule has 1 aliphatic rings. The van der Waals surface area contributed by atoms with Gasteiger partial charge >= 0.3 is 24.2 Å². The highest BCUT2D eigenvalue weighted by molar-refractivity contribution is 5.96. The van der Waals surface area contributed by atoms with E-state index in [0.717, 1.165) is 44.5 Å². The van der Waals surface area contributed by atoms with E-state index < -0.39 is 40.7 Å². The lowest BCUT2D eigenvalue weighted by Crippen LogP contribution is -2.32. The summed E-state index contributed by atoms with van der Waals surface area (Å²) in [6, 6.07) is 30.7. The molecule has 380 valence electrons. The van der Waals surface area contributed by atoms with Gasteiger partial charge in [-0.1, -0.05) is 96.1 Å². The molecule has 1 atom stereocenters. The summed E-state index contributed by atoms with van der Waals surface area (Å²) in [7, 11) is 0. The van der Waals surface area contributed by atoms with Crippen molar-refractivity contribution >= 4 is 24.2 Å². The Morgan fingerprint density at radius 2 is 0.972 bits per heavy atom. The third-order valence-electron chi connectivity index (χ3n) is 11.8. The molecule has 1 aliphatic heterocycles. The highest BCUT2D eigenvalue weighted by Gasteiger charge is 2.50. The molecular formula is C60H74O11. The molecular weight excluding hydrogens is 897 g/mol. The summed E-state index contributed by atoms with van der Waals surface area (Å²) in [5.74, 6) is 1.08. The van der Waals surface area contributed by atoms with Crippen molar-refractivity contribution in [3.8, 4) is 17.2 Å². The second-order valence-electron chi connectivity index (χ2n) is 22.3. The van der Waals surface area contributed by atoms with Gasteiger partial charge in [-0.3, -0.25) is 0 Å². The van der Waals surface area contributed by atoms with Crippen LogP contribution in [0.1, 0.15) is 182 Å². The first-order valence-electron chi connectivity index (χ1n) is 24.3. The van der Waals surface area contributed by atoms with Crippen LogP contribution in [0.2, 0.25) is 0 Å². The maximum Gasteiger partial charge on any atom is 0.514 e. The molecule has 0 spiro atoms. The molecule has 0 aliphatic carbocycles. The first kappa shape index (κ1) is 55.3. The number of carbonyl (C=O) groups is 4. The van der Waals surface area contributed by atoms with E-state index in [-0.39, 0.29) is 23.9 Å². The monoisotopic (exact) mass is 971 g/mol. The van der Waals surface area contributed by atoms with E-state index in [1.807, 2.05) is 82.3 Å². The van der Waals surface area contributed by atoms with E-state index in [2.05, 4.69) is 73.6 Å². The lowest BCUT2D eigenvalue weighted by molar-refractivity contribution is -0.157. The smallest absolute Gasteiger partial charge is 0.482 e. The van der Waals surface area contributed by atoms with E-state index >= 15 is 0 Å². The van der Waals surface area contributed by atoms with Crippen molar-refractivity contribution in [1.29, 1.82) is 0 Å². The van der Waals surface area contributed by atoms with E-state index in [1.165, 1.54) is 11.1 Å². The Kier molecular flexibility index (Phi) is 16.7. The molecule has 0 radical (unpaired) electrons. The van der Waals surface area contributed by atoms with Crippen molar-refractivity contribution in [2.45, 2.75) is 164 Å². The third-order valence-corrected chi connectivity index (χ3v) is 11.8. The van der Waals surface area contributed by atoms with Crippen LogP contribution in [0, 0.1) is 20.8 Å². The van der Waals surface area contributed by atoms with Crippen molar-refractivity contribution in [2.75, 3.05) is 6.61 Å². The highest BCUT2D eigenvalue weighted by Crippen LogP contribution is 2.51. The van der Waals surface area contributed by atoms with Gasteiger partial charge in [-0.15, -0.1) is 0 Å². The van der Waals surface area contributed by atoms with Crippen LogP contribution in [0.25, 0.3) is 0 Å². The van der Waals surface area contributed by atoms with Gasteiger partial charge in [-0.05, 0) is 176 Å². The Bertz CT molecular complexity index is 2650. The molecule has 11 heteroatoms. The maximum absolute atomic E-state index is 13.4. The number of hydrogen-bond donors (Lipinski definition) is 0. The van der Waals surface area contributed by atoms with Crippen molar-refractivity contribution in [3.63, 3.8) is 0 Å². The predicted molar refractivity (Wildman–Crippen MR) is 277 cm³/mol. The Morgan fingerprint density at radius 3 is 1.42 bits per heavy atom. The van der Waals surface area contributed by atoms with Gasteiger partial charge in [0.1, 0.15) is 34.1 Å². The third kappa shape index (κ3) is 13.8. The first-order valence-corrected chi connectivity index (χ1v) is 24.3. The fourth-order valence-corrected chi connectivity index (χ4v) is 8.57. The lowest BCUT2D eigenvalue weighted by Gasteiger charge is -2.35. The zero-order valence-electron chi connectivity index (χ0n) is 45.1. The molecule has 0 N–H and O–H groups in total. The second-order valence-corrected chi connectivity index (χ2v) is 22.3. The molecule has 0 aromatic heterocycles. The maximum atomic E-state index is 13.4. The van der Waals surface area contributed by atoms with Gasteiger partial charge in [0.25, 0.3) is 0 Å². The molecule has 11 nitrogen and oxygen atoms in total. The molecule has 5 aromatic rings. The molecule has 5 aromatic carbocycles. The van der Waals surface area contributed by atoms with Crippen LogP contribution in [-0.4, -0.2) is 47.7 Å². The van der Waals surface area contributed by atoms with Gasteiger partial charge in [-0.25, -0.2) is 19.2 Å². The summed E-state index contributed by atoms with van der Waals surface area (Å²) in [5.41, 5.74) is 7.39. The number of fused-ring (bicyclic) bond motifs is 1. The number of carbonyl (C=O) groups excluding carboxylic acids is 4. The normalized spacial score (nSPS) is 14.7. The Morgan fingerprint density at radius 1 is 0.535 bits per heavy atom. The minimum Gasteiger partial charge on any atom is -0.482 e. The predicted octanol–water partition coefficient (Wildman–Crippen LogP) is 14.7. The number of aryl methyl sites for hydroxylation is 3. The number of cyclic esters (lactones) is 1. The van der Waals surface area contributed by atoms with E-state index in [9.17, 15) is 19.2 Å². The van der Waals surface area contributed by atoms with Crippen molar-refractivity contribution in [1.82, 2.24) is 0 Å². The minimum atomic E-state index is -1.12. The number of ether oxygens (including phenoxy) is 7. The SMILES string of the molecule is CC(C)(C)OC(=O)Oc1ccc(C(C)(C)c2ccc(OC(=O)OC(C)(C)C)cc2)cc1.Cc1cc(C)c(C2(c3cc(C(C)C)c(OCC(=O)OC(C)(C)C)cc3C)OC(=O)c3ccccc32)cc1C(C)C. The summed E-state index contributed by atoms with van der Waals surface area (Å²) in [6.07, 6.45) is -1.47. The van der Waals surface area contributed by atoms with Gasteiger partial charge in [0.05, 0.1) is 5.56 Å². The van der Waals surface area contributed by atoms with Crippen LogP contribution in [-0.2, 0) is 34.8 Å². The first-order chi connectivity index (χ1) is 32.8. The van der Waals surface area contributed by atoms with Crippen LogP contribution < -0.4 is 14.2 Å². The van der Waals surface area contributed by atoms with Crippen LogP contribution in [0.5, 0.6) is 17.2 Å². The summed E-state index contributed by atoms with van der Waals surface area (Å²) in [4.78, 5) is 49.5. The zero-order chi connectivity index (χ0) is 53.0. The van der Waals surface area contributed by atoms with Gasteiger partial charge in [-0.2, -0.15) is 0 Å². The summed E-state index contributed by atoms with van der Waals surface area (Å²) < 4.78 is 38.8. The molecule has 71 heavy (non-hydrogen) atoms. The van der Waals surface area contributed by atoms with E-state index in [1.54, 1.807) is 65.8 Å². The second kappa shape index (κ2) is 21.4. The number of hydrogen-bond acceptors (Lipinski definition) is 11. The molecule has 1 unspecified atom stereocenters. The molecule has 0 amide bonds. The van der Waals surface area contributed by atoms with Crippen molar-refractivity contribution in [3.05, 3.63) is 158 Å². The standard InChI is InChI=1S/C35H42O5.C25H32O6/c1-20(2)26-17-29(23(6)15-22(26)5)35(28-14-12-11-13-25(28)33(37)40-35)30-18-27(21(3)4)31(16-24(30)7)38-19-32(36)39-34(8,9)10;1-23(2,3)30-21(26)28-19-13-9-17(10-14-19)25(7,8)18-11-15-20(16-12-18)29-22(27)31-24(4,5)6/h11-18,20-21H,19H2,1-10H3;9-16H,1-8H3. The van der Waals surface area contributed by atoms with Crippen LogP contribution in [0.3, 0.4) is 0 Å². The topological polar surface area (TPSA) is 133 Å². The Balaban J connectivity index is 0.000000273. The average molecular weight is 971 g/mol. The summed E-state index contributed by atoms with van der Waals surface area (Å²) in [5, 5.41) is 0. The number of rotatable bonds is 11. The average Bonchev–Trinajstić information content (AvgIpc) is 3.53. The van der Waals surface area contributed by atoms with Gasteiger partial charge in [0, 0.05) is 22.1 Å². The summed E-state index contributed by atoms with van der Waals surface area (Å²) >= 11 is 0. The Labute approximate surface area is 421 Å². The minimum absolute atomic E-state index is 0.0859. The van der Waals surface area contributed by atoms with E-state index in [0.29, 0.717) is 28.7 Å². The molecule has 0 fully saturated rings. The lowest BCUT2D eigenvalue weighted by atomic mass is 9.74. The zero-order valence-corrected chi connectivity index (χ0v) is 45.1. The Hall–Kier alpha value is -6.62. The van der Waals surface area contributed by atoms with Gasteiger partial charge in [0.2, 0.25) is 0 Å². The highest BCUT2D eigenvalue weighted by atomic mass is 16.7.